The van der Waals surface area contributed by atoms with Gasteiger partial charge in [0.1, 0.15) is 0 Å². The van der Waals surface area contributed by atoms with Gasteiger partial charge in [0.15, 0.2) is 0 Å². The quantitative estimate of drug-likeness (QED) is 0.683. The first-order valence-corrected chi connectivity index (χ1v) is 6.08. The molecule has 0 amide bonds. The Kier molecular flexibility index (Phi) is 3.37. The van der Waals surface area contributed by atoms with Crippen molar-refractivity contribution < 1.29 is 13.6 Å². The molecular formula is C11H15O3P. The largest absolute Gasteiger partial charge is 0.333 e. The first-order valence-electron chi connectivity index (χ1n) is 4.99. The summed E-state index contributed by atoms with van der Waals surface area (Å²) in [5.41, 5.74) is 2.37. The standard InChI is InChI=1S/C11H15O3P/c1-8-10-6-4-5-7-11(10)9(2)14-15(12-3)13-8/h4-9H,1-3H3/t8-,9-/m0/s1. The third-order valence-corrected chi connectivity index (χ3v) is 3.78. The van der Waals surface area contributed by atoms with Crippen LogP contribution in [0.4, 0.5) is 0 Å². The zero-order valence-electron chi connectivity index (χ0n) is 9.14. The van der Waals surface area contributed by atoms with Gasteiger partial charge < -0.3 is 13.6 Å². The van der Waals surface area contributed by atoms with E-state index < -0.39 is 8.60 Å². The molecule has 0 aromatic heterocycles. The van der Waals surface area contributed by atoms with Crippen LogP contribution in [0.5, 0.6) is 0 Å². The fourth-order valence-corrected chi connectivity index (χ4v) is 2.70. The summed E-state index contributed by atoms with van der Waals surface area (Å²) in [5, 5.41) is 0. The van der Waals surface area contributed by atoms with Crippen molar-refractivity contribution in [1.29, 1.82) is 0 Å². The number of fused-ring (bicyclic) bond motifs is 1. The topological polar surface area (TPSA) is 27.7 Å². The van der Waals surface area contributed by atoms with Gasteiger partial charge in [0.2, 0.25) is 0 Å². The van der Waals surface area contributed by atoms with Crippen LogP contribution in [0.3, 0.4) is 0 Å². The molecule has 0 saturated heterocycles. The molecule has 0 aliphatic carbocycles. The highest BCUT2D eigenvalue weighted by atomic mass is 31.2. The second-order valence-corrected chi connectivity index (χ2v) is 4.76. The summed E-state index contributed by atoms with van der Waals surface area (Å²) >= 11 is 0. The smallest absolute Gasteiger partial charge is 0.316 e. The molecule has 1 aliphatic rings. The SMILES string of the molecule is COP1O[C@@H](C)c2ccccc2[C@H](C)O1. The zero-order chi connectivity index (χ0) is 10.8. The Bertz CT molecular complexity index is 311. The number of rotatable bonds is 1. The molecule has 0 fully saturated rings. The van der Waals surface area contributed by atoms with E-state index in [9.17, 15) is 0 Å². The normalized spacial score (nSPS) is 27.1. The van der Waals surface area contributed by atoms with E-state index in [1.807, 2.05) is 26.0 Å². The van der Waals surface area contributed by atoms with Crippen LogP contribution in [-0.4, -0.2) is 7.11 Å². The molecule has 1 aromatic rings. The summed E-state index contributed by atoms with van der Waals surface area (Å²) < 4.78 is 16.5. The third kappa shape index (κ3) is 2.21. The van der Waals surface area contributed by atoms with E-state index in [2.05, 4.69) is 12.1 Å². The van der Waals surface area contributed by atoms with Gasteiger partial charge >= 0.3 is 8.60 Å². The average Bonchev–Trinajstić information content (AvgIpc) is 2.38. The summed E-state index contributed by atoms with van der Waals surface area (Å²) in [7, 11) is 0.391. The highest BCUT2D eigenvalue weighted by molar-refractivity contribution is 7.41. The van der Waals surface area contributed by atoms with Crippen molar-refractivity contribution in [2.45, 2.75) is 26.1 Å². The summed E-state index contributed by atoms with van der Waals surface area (Å²) in [6.07, 6.45) is 0.0504. The van der Waals surface area contributed by atoms with Gasteiger partial charge in [0, 0.05) is 7.11 Å². The number of hydrogen-bond donors (Lipinski definition) is 0. The molecule has 0 unspecified atom stereocenters. The predicted molar refractivity (Wildman–Crippen MR) is 59.4 cm³/mol. The van der Waals surface area contributed by atoms with E-state index in [0.29, 0.717) is 0 Å². The second kappa shape index (κ2) is 4.58. The lowest BCUT2D eigenvalue weighted by atomic mass is 10.00. The van der Waals surface area contributed by atoms with Gasteiger partial charge in [-0.1, -0.05) is 24.3 Å². The lowest BCUT2D eigenvalue weighted by Crippen LogP contribution is -1.98. The van der Waals surface area contributed by atoms with Crippen LogP contribution in [-0.2, 0) is 13.6 Å². The Hall–Kier alpha value is -0.470. The van der Waals surface area contributed by atoms with Gasteiger partial charge in [-0.25, -0.2) is 0 Å². The Balaban J connectivity index is 2.35. The Morgan fingerprint density at radius 3 is 1.93 bits per heavy atom. The molecule has 4 heteroatoms. The summed E-state index contributed by atoms with van der Waals surface area (Å²) in [4.78, 5) is 0. The fraction of sp³-hybridized carbons (Fsp3) is 0.455. The van der Waals surface area contributed by atoms with Crippen LogP contribution < -0.4 is 0 Å². The van der Waals surface area contributed by atoms with Crippen molar-refractivity contribution >= 4 is 8.60 Å². The highest BCUT2D eigenvalue weighted by Crippen LogP contribution is 2.51. The van der Waals surface area contributed by atoms with E-state index in [1.54, 1.807) is 7.11 Å². The fourth-order valence-electron chi connectivity index (χ4n) is 1.73. The average molecular weight is 226 g/mol. The Labute approximate surface area is 91.4 Å². The molecule has 0 saturated carbocycles. The van der Waals surface area contributed by atoms with Crippen molar-refractivity contribution in [3.8, 4) is 0 Å². The van der Waals surface area contributed by atoms with Gasteiger partial charge in [-0.2, -0.15) is 0 Å². The van der Waals surface area contributed by atoms with Gasteiger partial charge in [-0.3, -0.25) is 0 Å². The maximum absolute atomic E-state index is 5.68. The summed E-state index contributed by atoms with van der Waals surface area (Å²) in [6.45, 7) is 4.04. The number of hydrogen-bond acceptors (Lipinski definition) is 3. The molecule has 1 aliphatic heterocycles. The van der Waals surface area contributed by atoms with Crippen LogP contribution >= 0.6 is 8.60 Å². The first-order chi connectivity index (χ1) is 7.22. The molecule has 1 aromatic carbocycles. The van der Waals surface area contributed by atoms with Crippen molar-refractivity contribution in [3.05, 3.63) is 35.4 Å². The van der Waals surface area contributed by atoms with Crippen molar-refractivity contribution in [2.24, 2.45) is 0 Å². The summed E-state index contributed by atoms with van der Waals surface area (Å²) in [5.74, 6) is 0. The maximum Gasteiger partial charge on any atom is 0.333 e. The molecule has 2 rings (SSSR count). The van der Waals surface area contributed by atoms with E-state index in [0.717, 1.165) is 0 Å². The van der Waals surface area contributed by atoms with Gasteiger partial charge in [0.05, 0.1) is 12.2 Å². The molecule has 2 atom stereocenters. The van der Waals surface area contributed by atoms with E-state index in [4.69, 9.17) is 13.6 Å². The second-order valence-electron chi connectivity index (χ2n) is 3.53. The van der Waals surface area contributed by atoms with Crippen LogP contribution in [0.15, 0.2) is 24.3 Å². The van der Waals surface area contributed by atoms with E-state index in [-0.39, 0.29) is 12.2 Å². The van der Waals surface area contributed by atoms with Crippen molar-refractivity contribution in [2.75, 3.05) is 7.11 Å². The zero-order valence-corrected chi connectivity index (χ0v) is 10.0. The van der Waals surface area contributed by atoms with Gasteiger partial charge in [-0.05, 0) is 25.0 Å². The van der Waals surface area contributed by atoms with Crippen molar-refractivity contribution in [3.63, 3.8) is 0 Å². The lowest BCUT2D eigenvalue weighted by Gasteiger charge is -2.15. The third-order valence-electron chi connectivity index (χ3n) is 2.51. The minimum atomic E-state index is -1.22. The molecule has 3 nitrogen and oxygen atoms in total. The maximum atomic E-state index is 5.68. The minimum Gasteiger partial charge on any atom is -0.316 e. The molecule has 0 bridgehead atoms. The molecule has 1 heterocycles. The lowest BCUT2D eigenvalue weighted by molar-refractivity contribution is 0.129. The van der Waals surface area contributed by atoms with Crippen LogP contribution in [0.1, 0.15) is 37.2 Å². The van der Waals surface area contributed by atoms with E-state index in [1.165, 1.54) is 11.1 Å². The van der Waals surface area contributed by atoms with Crippen LogP contribution in [0.2, 0.25) is 0 Å². The van der Waals surface area contributed by atoms with Crippen LogP contribution in [0.25, 0.3) is 0 Å². The first kappa shape index (κ1) is 11.0. The highest BCUT2D eigenvalue weighted by Gasteiger charge is 2.27. The summed E-state index contributed by atoms with van der Waals surface area (Å²) in [6, 6.07) is 8.19. The van der Waals surface area contributed by atoms with Gasteiger partial charge in [-0.15, -0.1) is 0 Å². The molecule has 0 spiro atoms. The number of benzene rings is 1. The molecular weight excluding hydrogens is 211 g/mol. The molecule has 82 valence electrons. The molecule has 0 N–H and O–H groups in total. The Morgan fingerprint density at radius 1 is 1.07 bits per heavy atom. The van der Waals surface area contributed by atoms with Gasteiger partial charge in [0.25, 0.3) is 0 Å². The Morgan fingerprint density at radius 2 is 1.53 bits per heavy atom. The van der Waals surface area contributed by atoms with Crippen molar-refractivity contribution in [1.82, 2.24) is 0 Å². The molecule has 15 heavy (non-hydrogen) atoms. The van der Waals surface area contributed by atoms with Crippen LogP contribution in [0, 0.1) is 0 Å². The van der Waals surface area contributed by atoms with E-state index >= 15 is 0 Å². The minimum absolute atomic E-state index is 0.0252. The predicted octanol–water partition coefficient (Wildman–Crippen LogP) is 3.73. The molecule has 0 radical (unpaired) electrons. The monoisotopic (exact) mass is 226 g/mol.